The zero-order valence-electron chi connectivity index (χ0n) is 16.7. The summed E-state index contributed by atoms with van der Waals surface area (Å²) in [5, 5.41) is 6.62. The molecule has 7 nitrogen and oxygen atoms in total. The first-order valence-electron chi connectivity index (χ1n) is 9.23. The molecule has 1 aromatic carbocycles. The highest BCUT2D eigenvalue weighted by atomic mass is 127. The number of aliphatic imine (C=N–C) groups is 1. The fraction of sp³-hybridized carbons (Fsp3) is 0.500. The second-order valence-electron chi connectivity index (χ2n) is 6.79. The molecule has 0 spiro atoms. The maximum absolute atomic E-state index is 5.74. The first-order chi connectivity index (χ1) is 13.1. The Kier molecular flexibility index (Phi) is 8.71. The van der Waals surface area contributed by atoms with Gasteiger partial charge in [-0.2, -0.15) is 0 Å². The average molecular weight is 500 g/mol. The molecule has 1 fully saturated rings. The molecule has 1 aliphatic rings. The Morgan fingerprint density at radius 2 is 1.93 bits per heavy atom. The van der Waals surface area contributed by atoms with Crippen LogP contribution in [0.5, 0.6) is 0 Å². The Morgan fingerprint density at radius 3 is 2.57 bits per heavy atom. The van der Waals surface area contributed by atoms with Crippen LogP contribution in [0.4, 0.5) is 0 Å². The van der Waals surface area contributed by atoms with Crippen LogP contribution >= 0.6 is 24.0 Å². The van der Waals surface area contributed by atoms with Gasteiger partial charge in [-0.1, -0.05) is 17.7 Å². The molecule has 2 N–H and O–H groups in total. The molecule has 0 amide bonds. The number of nitrogens with one attached hydrogen (secondary N) is 2. The molecule has 0 saturated carbocycles. The number of ether oxygens (including phenoxy) is 2. The molecule has 0 unspecified atom stereocenters. The number of hydrogen-bond donors (Lipinski definition) is 2. The van der Waals surface area contributed by atoms with Gasteiger partial charge in [0, 0.05) is 52.3 Å². The minimum Gasteiger partial charge on any atom is -0.444 e. The third-order valence-corrected chi connectivity index (χ3v) is 4.93. The van der Waals surface area contributed by atoms with Gasteiger partial charge in [0.15, 0.2) is 5.96 Å². The molecule has 1 saturated heterocycles. The van der Waals surface area contributed by atoms with Gasteiger partial charge in [-0.05, 0) is 19.1 Å². The molecular weight excluding hydrogens is 471 g/mol. The van der Waals surface area contributed by atoms with E-state index in [1.54, 1.807) is 20.4 Å². The van der Waals surface area contributed by atoms with E-state index in [1.165, 1.54) is 5.56 Å². The van der Waals surface area contributed by atoms with E-state index >= 15 is 0 Å². The Morgan fingerprint density at radius 1 is 1.21 bits per heavy atom. The highest BCUT2D eigenvalue weighted by Gasteiger charge is 2.32. The van der Waals surface area contributed by atoms with Crippen LogP contribution in [-0.4, -0.2) is 50.5 Å². The number of nitrogens with zero attached hydrogens (tertiary/aromatic N) is 2. The normalized spacial score (nSPS) is 16.3. The van der Waals surface area contributed by atoms with E-state index in [4.69, 9.17) is 13.9 Å². The lowest BCUT2D eigenvalue weighted by Gasteiger charge is -2.36. The quantitative estimate of drug-likeness (QED) is 0.361. The van der Waals surface area contributed by atoms with Gasteiger partial charge in [-0.3, -0.25) is 4.99 Å². The lowest BCUT2D eigenvalue weighted by molar-refractivity contribution is -0.0855. The van der Waals surface area contributed by atoms with Gasteiger partial charge >= 0.3 is 0 Å². The van der Waals surface area contributed by atoms with Gasteiger partial charge in [-0.25, -0.2) is 4.98 Å². The van der Waals surface area contributed by atoms with Crippen LogP contribution in [-0.2, 0) is 16.0 Å². The third kappa shape index (κ3) is 5.92. The van der Waals surface area contributed by atoms with Crippen LogP contribution in [0, 0.1) is 6.92 Å². The molecule has 2 aromatic rings. The van der Waals surface area contributed by atoms with E-state index in [0.717, 1.165) is 37.3 Å². The van der Waals surface area contributed by atoms with Crippen LogP contribution in [0.15, 0.2) is 39.9 Å². The van der Waals surface area contributed by atoms with E-state index in [9.17, 15) is 0 Å². The van der Waals surface area contributed by atoms with Crippen molar-refractivity contribution in [2.24, 2.45) is 4.99 Å². The topological polar surface area (TPSA) is 80.9 Å². The number of methoxy groups -OCH3 is 1. The molecule has 0 radical (unpaired) electrons. The van der Waals surface area contributed by atoms with E-state index in [0.29, 0.717) is 24.9 Å². The van der Waals surface area contributed by atoms with E-state index in [2.05, 4.69) is 27.5 Å². The molecule has 8 heteroatoms. The number of oxazole rings is 1. The largest absolute Gasteiger partial charge is 0.444 e. The molecule has 3 rings (SSSR count). The zero-order valence-corrected chi connectivity index (χ0v) is 19.0. The molecule has 0 atom stereocenters. The summed E-state index contributed by atoms with van der Waals surface area (Å²) < 4.78 is 16.8. The Labute approximate surface area is 183 Å². The van der Waals surface area contributed by atoms with Crippen molar-refractivity contribution in [1.29, 1.82) is 0 Å². The van der Waals surface area contributed by atoms with Crippen molar-refractivity contribution in [2.45, 2.75) is 31.9 Å². The monoisotopic (exact) mass is 500 g/mol. The van der Waals surface area contributed by atoms with Crippen molar-refractivity contribution in [2.75, 3.05) is 33.9 Å². The highest BCUT2D eigenvalue weighted by molar-refractivity contribution is 14.0. The van der Waals surface area contributed by atoms with Crippen molar-refractivity contribution >= 4 is 29.9 Å². The summed E-state index contributed by atoms with van der Waals surface area (Å²) in [6, 6.07) is 8.12. The molecular formula is C20H29IN4O3. The minimum atomic E-state index is -0.206. The molecule has 28 heavy (non-hydrogen) atoms. The van der Waals surface area contributed by atoms with Gasteiger partial charge in [0.05, 0.1) is 17.8 Å². The smallest absolute Gasteiger partial charge is 0.226 e. The number of rotatable bonds is 6. The van der Waals surface area contributed by atoms with Crippen molar-refractivity contribution in [1.82, 2.24) is 15.6 Å². The van der Waals surface area contributed by atoms with Crippen LogP contribution < -0.4 is 10.6 Å². The van der Waals surface area contributed by atoms with Gasteiger partial charge in [0.2, 0.25) is 5.89 Å². The van der Waals surface area contributed by atoms with Gasteiger partial charge in [0.25, 0.3) is 0 Å². The SMILES string of the molecule is CN=C(NCc1coc(-c2ccc(C)cc2)n1)NCC1(OC)CCOCC1.I. The molecule has 1 aliphatic heterocycles. The van der Waals surface area contributed by atoms with E-state index < -0.39 is 0 Å². The lowest BCUT2D eigenvalue weighted by atomic mass is 9.94. The number of guanidine groups is 1. The van der Waals surface area contributed by atoms with Crippen molar-refractivity contribution in [3.8, 4) is 11.5 Å². The second-order valence-corrected chi connectivity index (χ2v) is 6.79. The van der Waals surface area contributed by atoms with E-state index in [-0.39, 0.29) is 29.6 Å². The zero-order chi connectivity index (χ0) is 19.1. The highest BCUT2D eigenvalue weighted by Crippen LogP contribution is 2.23. The van der Waals surface area contributed by atoms with Crippen molar-refractivity contribution in [3.05, 3.63) is 41.8 Å². The lowest BCUT2D eigenvalue weighted by Crippen LogP contribution is -2.50. The predicted molar refractivity (Wildman–Crippen MR) is 120 cm³/mol. The summed E-state index contributed by atoms with van der Waals surface area (Å²) in [7, 11) is 3.50. The summed E-state index contributed by atoms with van der Waals surface area (Å²) in [4.78, 5) is 8.82. The Balaban J connectivity index is 0.00000280. The fourth-order valence-electron chi connectivity index (χ4n) is 3.05. The summed E-state index contributed by atoms with van der Waals surface area (Å²) in [5.41, 5.74) is 2.79. The molecule has 1 aromatic heterocycles. The van der Waals surface area contributed by atoms with Gasteiger partial charge < -0.3 is 24.5 Å². The average Bonchev–Trinajstić information content (AvgIpc) is 3.18. The third-order valence-electron chi connectivity index (χ3n) is 4.93. The minimum absolute atomic E-state index is 0. The Hall–Kier alpha value is -1.65. The summed E-state index contributed by atoms with van der Waals surface area (Å²) >= 11 is 0. The van der Waals surface area contributed by atoms with Crippen LogP contribution in [0.25, 0.3) is 11.5 Å². The van der Waals surface area contributed by atoms with Gasteiger partial charge in [-0.15, -0.1) is 24.0 Å². The Bertz CT molecular complexity index is 755. The van der Waals surface area contributed by atoms with Gasteiger partial charge in [0.1, 0.15) is 6.26 Å². The number of aromatic nitrogens is 1. The maximum atomic E-state index is 5.74. The van der Waals surface area contributed by atoms with Crippen LogP contribution in [0.2, 0.25) is 0 Å². The molecule has 154 valence electrons. The van der Waals surface area contributed by atoms with Crippen LogP contribution in [0.1, 0.15) is 24.1 Å². The number of aryl methyl sites for hydroxylation is 1. The standard InChI is InChI=1S/C20H28N4O3.HI/c1-15-4-6-16(7-5-15)18-24-17(13-27-18)12-22-19(21-2)23-14-20(25-3)8-10-26-11-9-20;/h4-7,13H,8-12,14H2,1-3H3,(H2,21,22,23);1H. The number of halogens is 1. The first-order valence-corrected chi connectivity index (χ1v) is 9.23. The van der Waals surface area contributed by atoms with Crippen molar-refractivity contribution in [3.63, 3.8) is 0 Å². The number of hydrogen-bond acceptors (Lipinski definition) is 5. The molecule has 0 aliphatic carbocycles. The fourth-order valence-corrected chi connectivity index (χ4v) is 3.05. The second kappa shape index (κ2) is 10.8. The number of benzene rings is 1. The molecule has 2 heterocycles. The van der Waals surface area contributed by atoms with Crippen LogP contribution in [0.3, 0.4) is 0 Å². The molecule has 0 bridgehead atoms. The first kappa shape index (κ1) is 22.6. The summed E-state index contributed by atoms with van der Waals surface area (Å²) in [6.45, 7) is 4.71. The van der Waals surface area contributed by atoms with E-state index in [1.807, 2.05) is 24.3 Å². The summed E-state index contributed by atoms with van der Waals surface area (Å²) in [6.07, 6.45) is 3.41. The predicted octanol–water partition coefficient (Wildman–Crippen LogP) is 3.13. The van der Waals surface area contributed by atoms with Crippen molar-refractivity contribution < 1.29 is 13.9 Å². The summed E-state index contributed by atoms with van der Waals surface area (Å²) in [5.74, 6) is 1.33. The maximum Gasteiger partial charge on any atom is 0.226 e.